The minimum atomic E-state index is 1.15. The fraction of sp³-hybridized carbons (Fsp3) is 1.00. The first kappa shape index (κ1) is 10.6. The maximum Gasteiger partial charge on any atom is 0.00313 e. The smallest absolute Gasteiger partial charge is 0.00313 e. The lowest BCUT2D eigenvalue weighted by molar-refractivity contribution is 0.569. The average Bonchev–Trinajstić information content (AvgIpc) is 2.87. The highest BCUT2D eigenvalue weighted by molar-refractivity contribution is 9.09. The van der Waals surface area contributed by atoms with Crippen LogP contribution in [-0.4, -0.2) is 5.33 Å². The van der Waals surface area contributed by atoms with E-state index >= 15 is 0 Å². The van der Waals surface area contributed by atoms with Crippen LogP contribution in [0.3, 0.4) is 0 Å². The predicted molar refractivity (Wildman–Crippen MR) is 58.8 cm³/mol. The molecule has 0 heterocycles. The molecule has 0 nitrogen and oxygen atoms in total. The topological polar surface area (TPSA) is 0 Å². The summed E-state index contributed by atoms with van der Waals surface area (Å²) in [6.07, 6.45) is 13.3. The van der Waals surface area contributed by atoms with Crippen molar-refractivity contribution in [2.45, 2.75) is 57.8 Å². The van der Waals surface area contributed by atoms with Gasteiger partial charge in [-0.3, -0.25) is 0 Å². The highest BCUT2D eigenvalue weighted by atomic mass is 79.9. The Morgan fingerprint density at radius 3 is 2.00 bits per heavy atom. The summed E-state index contributed by atoms with van der Waals surface area (Å²) in [6, 6.07) is 0. The van der Waals surface area contributed by atoms with Gasteiger partial charge in [0.15, 0.2) is 0 Å². The van der Waals surface area contributed by atoms with Gasteiger partial charge in [-0.15, -0.1) is 0 Å². The second kappa shape index (κ2) is 6.94. The van der Waals surface area contributed by atoms with Crippen LogP contribution >= 0.6 is 15.9 Å². The molecule has 1 fully saturated rings. The minimum Gasteiger partial charge on any atom is -0.0928 e. The van der Waals surface area contributed by atoms with Crippen molar-refractivity contribution in [3.05, 3.63) is 0 Å². The molecule has 0 spiro atoms. The Morgan fingerprint density at radius 1 is 0.833 bits per heavy atom. The van der Waals surface area contributed by atoms with Gasteiger partial charge in [0.05, 0.1) is 0 Å². The second-order valence-corrected chi connectivity index (χ2v) is 4.84. The summed E-state index contributed by atoms with van der Waals surface area (Å²) >= 11 is 3.46. The fourth-order valence-corrected chi connectivity index (χ4v) is 2.04. The number of unbranched alkanes of at least 4 members (excludes halogenated alkanes) is 5. The lowest BCUT2D eigenvalue weighted by Crippen LogP contribution is -1.82. The Morgan fingerprint density at radius 2 is 1.42 bits per heavy atom. The minimum absolute atomic E-state index is 1.15. The largest absolute Gasteiger partial charge is 0.0928 e. The first-order chi connectivity index (χ1) is 5.93. The molecule has 0 N–H and O–H groups in total. The molecule has 1 heteroatoms. The van der Waals surface area contributed by atoms with Gasteiger partial charge >= 0.3 is 0 Å². The van der Waals surface area contributed by atoms with E-state index in [1.54, 1.807) is 0 Å². The van der Waals surface area contributed by atoms with Crippen molar-refractivity contribution < 1.29 is 0 Å². The molecule has 12 heavy (non-hydrogen) atoms. The van der Waals surface area contributed by atoms with E-state index < -0.39 is 0 Å². The van der Waals surface area contributed by atoms with Gasteiger partial charge in [-0.25, -0.2) is 0 Å². The summed E-state index contributed by atoms with van der Waals surface area (Å²) < 4.78 is 0. The first-order valence-electron chi connectivity index (χ1n) is 5.49. The van der Waals surface area contributed by atoms with Crippen molar-refractivity contribution in [1.82, 2.24) is 0 Å². The molecule has 1 saturated carbocycles. The number of hydrogen-bond donors (Lipinski definition) is 0. The van der Waals surface area contributed by atoms with E-state index in [0.717, 1.165) is 5.92 Å². The quantitative estimate of drug-likeness (QED) is 0.427. The van der Waals surface area contributed by atoms with E-state index in [1.807, 2.05) is 0 Å². The third-order valence-electron chi connectivity index (χ3n) is 2.69. The lowest BCUT2D eigenvalue weighted by atomic mass is 10.1. The number of rotatable bonds is 8. The normalized spacial score (nSPS) is 16.8. The molecule has 0 aromatic carbocycles. The van der Waals surface area contributed by atoms with Crippen LogP contribution < -0.4 is 0 Å². The highest BCUT2D eigenvalue weighted by Gasteiger charge is 2.19. The van der Waals surface area contributed by atoms with Crippen LogP contribution in [0.25, 0.3) is 0 Å². The highest BCUT2D eigenvalue weighted by Crippen LogP contribution is 2.34. The van der Waals surface area contributed by atoms with Gasteiger partial charge in [-0.2, -0.15) is 0 Å². The van der Waals surface area contributed by atoms with Gasteiger partial charge in [-0.05, 0) is 12.3 Å². The molecule has 0 radical (unpaired) electrons. The summed E-state index contributed by atoms with van der Waals surface area (Å²) in [5, 5.41) is 1.19. The summed E-state index contributed by atoms with van der Waals surface area (Å²) in [4.78, 5) is 0. The summed E-state index contributed by atoms with van der Waals surface area (Å²) in [5.74, 6) is 1.15. The zero-order chi connectivity index (χ0) is 8.65. The number of halogens is 1. The Kier molecular flexibility index (Phi) is 6.11. The Hall–Kier alpha value is 0.480. The van der Waals surface area contributed by atoms with Crippen molar-refractivity contribution in [3.8, 4) is 0 Å². The third kappa shape index (κ3) is 6.05. The molecule has 0 aromatic rings. The lowest BCUT2D eigenvalue weighted by Gasteiger charge is -1.99. The van der Waals surface area contributed by atoms with Crippen LogP contribution in [0.1, 0.15) is 57.8 Å². The van der Waals surface area contributed by atoms with E-state index in [4.69, 9.17) is 0 Å². The summed E-state index contributed by atoms with van der Waals surface area (Å²) in [5.41, 5.74) is 0. The number of hydrogen-bond acceptors (Lipinski definition) is 0. The second-order valence-electron chi connectivity index (χ2n) is 4.04. The van der Waals surface area contributed by atoms with Crippen molar-refractivity contribution in [3.63, 3.8) is 0 Å². The van der Waals surface area contributed by atoms with Crippen molar-refractivity contribution in [2.75, 3.05) is 5.33 Å². The van der Waals surface area contributed by atoms with E-state index in [-0.39, 0.29) is 0 Å². The maximum atomic E-state index is 3.46. The molecular formula is C11H21Br. The monoisotopic (exact) mass is 232 g/mol. The predicted octanol–water partition coefficient (Wildman–Crippen LogP) is 4.52. The molecule has 72 valence electrons. The molecule has 1 aliphatic carbocycles. The van der Waals surface area contributed by atoms with Crippen molar-refractivity contribution >= 4 is 15.9 Å². The molecule has 0 aliphatic heterocycles. The van der Waals surface area contributed by atoms with E-state index in [0.29, 0.717) is 0 Å². The van der Waals surface area contributed by atoms with E-state index in [1.165, 1.54) is 63.1 Å². The molecule has 1 rings (SSSR count). The van der Waals surface area contributed by atoms with E-state index in [9.17, 15) is 0 Å². The van der Waals surface area contributed by atoms with Crippen LogP contribution in [0.5, 0.6) is 0 Å². The Labute approximate surface area is 85.3 Å². The standard InChI is InChI=1S/C11H21Br/c12-10-6-4-2-1-3-5-7-11-8-9-11/h11H,1-10H2. The molecule has 0 saturated heterocycles. The Bertz CT molecular complexity index is 97.2. The first-order valence-corrected chi connectivity index (χ1v) is 6.61. The zero-order valence-corrected chi connectivity index (χ0v) is 9.61. The van der Waals surface area contributed by atoms with Gasteiger partial charge < -0.3 is 0 Å². The molecule has 0 amide bonds. The third-order valence-corrected chi connectivity index (χ3v) is 3.25. The van der Waals surface area contributed by atoms with E-state index in [2.05, 4.69) is 15.9 Å². The van der Waals surface area contributed by atoms with Gasteiger partial charge in [0.2, 0.25) is 0 Å². The van der Waals surface area contributed by atoms with Crippen LogP contribution in [0.15, 0.2) is 0 Å². The SMILES string of the molecule is BrCCCCCCCCC1CC1. The summed E-state index contributed by atoms with van der Waals surface area (Å²) in [7, 11) is 0. The van der Waals surface area contributed by atoms with Crippen LogP contribution in [0.2, 0.25) is 0 Å². The van der Waals surface area contributed by atoms with Crippen LogP contribution in [-0.2, 0) is 0 Å². The van der Waals surface area contributed by atoms with Crippen molar-refractivity contribution in [2.24, 2.45) is 5.92 Å². The fourth-order valence-electron chi connectivity index (χ4n) is 1.64. The van der Waals surface area contributed by atoms with Gasteiger partial charge in [0, 0.05) is 5.33 Å². The average molecular weight is 233 g/mol. The van der Waals surface area contributed by atoms with Gasteiger partial charge in [-0.1, -0.05) is 67.3 Å². The molecule has 1 aliphatic rings. The van der Waals surface area contributed by atoms with Gasteiger partial charge in [0.25, 0.3) is 0 Å². The summed E-state index contributed by atoms with van der Waals surface area (Å²) in [6.45, 7) is 0. The van der Waals surface area contributed by atoms with Crippen LogP contribution in [0, 0.1) is 5.92 Å². The van der Waals surface area contributed by atoms with Gasteiger partial charge in [0.1, 0.15) is 0 Å². The Balaban J connectivity index is 1.65. The number of alkyl halides is 1. The molecular weight excluding hydrogens is 212 g/mol. The van der Waals surface area contributed by atoms with Crippen molar-refractivity contribution in [1.29, 1.82) is 0 Å². The maximum absolute atomic E-state index is 3.46. The molecule has 0 bridgehead atoms. The molecule has 0 unspecified atom stereocenters. The molecule has 0 aromatic heterocycles. The van der Waals surface area contributed by atoms with Crippen LogP contribution in [0.4, 0.5) is 0 Å². The molecule has 0 atom stereocenters. The zero-order valence-electron chi connectivity index (χ0n) is 8.03.